The smallest absolute Gasteiger partial charge is 0.282 e. The van der Waals surface area contributed by atoms with Crippen molar-refractivity contribution in [3.05, 3.63) is 68.7 Å². The van der Waals surface area contributed by atoms with Crippen LogP contribution >= 0.6 is 15.9 Å². The molecule has 3 aromatic rings. The van der Waals surface area contributed by atoms with Crippen LogP contribution in [0.2, 0.25) is 0 Å². The van der Waals surface area contributed by atoms with Crippen molar-refractivity contribution in [3.63, 3.8) is 0 Å². The molecule has 0 amide bonds. The Morgan fingerprint density at radius 2 is 2.07 bits per heavy atom. The Bertz CT molecular complexity index is 1190. The summed E-state index contributed by atoms with van der Waals surface area (Å²) in [7, 11) is 0. The fourth-order valence-corrected chi connectivity index (χ4v) is 4.19. The molecule has 6 nitrogen and oxygen atoms in total. The van der Waals surface area contributed by atoms with Crippen molar-refractivity contribution < 1.29 is 4.74 Å². The van der Waals surface area contributed by atoms with E-state index in [9.17, 15) is 4.79 Å². The molecule has 0 spiro atoms. The summed E-state index contributed by atoms with van der Waals surface area (Å²) in [5.41, 5.74) is 1.30. The van der Waals surface area contributed by atoms with Gasteiger partial charge in [-0.05, 0) is 48.7 Å². The van der Waals surface area contributed by atoms with Gasteiger partial charge in [-0.3, -0.25) is 4.79 Å². The van der Waals surface area contributed by atoms with E-state index < -0.39 is 0 Å². The Hall–Kier alpha value is -2.98. The van der Waals surface area contributed by atoms with E-state index in [2.05, 4.69) is 21.0 Å². The Balaban J connectivity index is 1.78. The number of ether oxygens (including phenoxy) is 1. The average molecular weight is 465 g/mol. The number of fused-ring (bicyclic) bond motifs is 1. The minimum Gasteiger partial charge on any atom is -0.479 e. The highest BCUT2D eigenvalue weighted by Gasteiger charge is 2.22. The molecule has 30 heavy (non-hydrogen) atoms. The largest absolute Gasteiger partial charge is 0.479 e. The van der Waals surface area contributed by atoms with Gasteiger partial charge in [-0.1, -0.05) is 47.3 Å². The van der Waals surface area contributed by atoms with Crippen LogP contribution in [0.1, 0.15) is 49.4 Å². The number of benzene rings is 2. The predicted octanol–water partition coefficient (Wildman–Crippen LogP) is 4.99. The second-order valence-electron chi connectivity index (χ2n) is 7.35. The Labute approximate surface area is 182 Å². The third-order valence-electron chi connectivity index (χ3n) is 5.29. The first-order valence-corrected chi connectivity index (χ1v) is 10.8. The summed E-state index contributed by atoms with van der Waals surface area (Å²) in [5, 5.41) is 13.8. The van der Waals surface area contributed by atoms with Crippen molar-refractivity contribution in [1.29, 1.82) is 5.26 Å². The molecule has 1 fully saturated rings. The first-order chi connectivity index (χ1) is 14.7. The first kappa shape index (κ1) is 20.3. The van der Waals surface area contributed by atoms with E-state index in [0.29, 0.717) is 16.7 Å². The molecule has 0 aliphatic heterocycles. The predicted molar refractivity (Wildman–Crippen MR) is 120 cm³/mol. The van der Waals surface area contributed by atoms with Crippen LogP contribution in [0.15, 0.2) is 56.8 Å². The molecule has 0 saturated heterocycles. The van der Waals surface area contributed by atoms with E-state index in [4.69, 9.17) is 15.0 Å². The van der Waals surface area contributed by atoms with E-state index in [-0.39, 0.29) is 18.1 Å². The maximum absolute atomic E-state index is 13.3. The van der Waals surface area contributed by atoms with Gasteiger partial charge in [-0.15, -0.1) is 0 Å². The zero-order valence-corrected chi connectivity index (χ0v) is 18.0. The molecular formula is C23H21BrN4O2. The number of aromatic nitrogens is 2. The summed E-state index contributed by atoms with van der Waals surface area (Å²) in [6.07, 6.45) is 7.17. The minimum absolute atomic E-state index is 0.0185. The summed E-state index contributed by atoms with van der Waals surface area (Å²) in [6, 6.07) is 14.8. The highest BCUT2D eigenvalue weighted by atomic mass is 79.9. The van der Waals surface area contributed by atoms with Crippen LogP contribution in [0.25, 0.3) is 10.9 Å². The number of hydrogen-bond acceptors (Lipinski definition) is 5. The summed E-state index contributed by atoms with van der Waals surface area (Å²) < 4.78 is 7.64. The topological polar surface area (TPSA) is 80.3 Å². The van der Waals surface area contributed by atoms with E-state index in [0.717, 1.165) is 41.5 Å². The molecule has 0 unspecified atom stereocenters. The van der Waals surface area contributed by atoms with Gasteiger partial charge in [0.05, 0.1) is 17.1 Å². The standard InChI is InChI=1S/C23H21BrN4O2/c24-18-9-10-21-20(14-18)23(29)28(22(27-21)17-6-2-1-3-7-17)26-15-16-5-4-8-19(13-16)30-12-11-25/h4-5,8-10,13-15,17H,1-3,6-7,12H2. The maximum atomic E-state index is 13.3. The van der Waals surface area contributed by atoms with Gasteiger partial charge in [0.1, 0.15) is 17.6 Å². The van der Waals surface area contributed by atoms with Gasteiger partial charge in [-0.2, -0.15) is 15.0 Å². The maximum Gasteiger partial charge on any atom is 0.282 e. The lowest BCUT2D eigenvalue weighted by atomic mass is 9.88. The number of rotatable bonds is 5. The molecule has 7 heteroatoms. The highest BCUT2D eigenvalue weighted by Crippen LogP contribution is 2.32. The molecule has 1 aliphatic carbocycles. The molecule has 1 heterocycles. The SMILES string of the molecule is N#CCOc1cccc(C=Nn2c(C3CCCCC3)nc3ccc(Br)cc3c2=O)c1. The Morgan fingerprint density at radius 1 is 1.23 bits per heavy atom. The molecule has 0 N–H and O–H groups in total. The lowest BCUT2D eigenvalue weighted by molar-refractivity contribution is 0.368. The van der Waals surface area contributed by atoms with Gasteiger partial charge >= 0.3 is 0 Å². The monoisotopic (exact) mass is 464 g/mol. The van der Waals surface area contributed by atoms with Crippen molar-refractivity contribution in [2.24, 2.45) is 5.10 Å². The van der Waals surface area contributed by atoms with Crippen LogP contribution in [-0.4, -0.2) is 22.5 Å². The zero-order valence-electron chi connectivity index (χ0n) is 16.4. The number of halogens is 1. The molecule has 152 valence electrons. The average Bonchev–Trinajstić information content (AvgIpc) is 2.78. The normalized spacial score (nSPS) is 14.8. The molecule has 0 bridgehead atoms. The van der Waals surface area contributed by atoms with Crippen LogP contribution in [0.5, 0.6) is 5.75 Å². The third-order valence-corrected chi connectivity index (χ3v) is 5.78. The summed E-state index contributed by atoms with van der Waals surface area (Å²) in [6.45, 7) is -0.0185. The number of nitriles is 1. The Kier molecular flexibility index (Phi) is 6.24. The lowest BCUT2D eigenvalue weighted by Gasteiger charge is -2.22. The van der Waals surface area contributed by atoms with Crippen LogP contribution in [0.4, 0.5) is 0 Å². The first-order valence-electron chi connectivity index (χ1n) is 10.0. The van der Waals surface area contributed by atoms with E-state index in [1.54, 1.807) is 24.4 Å². The van der Waals surface area contributed by atoms with Gasteiger partial charge in [-0.25, -0.2) is 4.98 Å². The fraction of sp³-hybridized carbons (Fsp3) is 0.304. The van der Waals surface area contributed by atoms with E-state index in [1.807, 2.05) is 30.3 Å². The van der Waals surface area contributed by atoms with Gasteiger partial charge < -0.3 is 4.74 Å². The zero-order chi connectivity index (χ0) is 20.9. The van der Waals surface area contributed by atoms with Crippen LogP contribution < -0.4 is 10.3 Å². The lowest BCUT2D eigenvalue weighted by Crippen LogP contribution is -2.25. The summed E-state index contributed by atoms with van der Waals surface area (Å²) in [5.74, 6) is 1.53. The van der Waals surface area contributed by atoms with Crippen molar-refractivity contribution in [3.8, 4) is 11.8 Å². The van der Waals surface area contributed by atoms with Gasteiger partial charge in [0, 0.05) is 10.4 Å². The second kappa shape index (κ2) is 9.23. The molecule has 2 aromatic carbocycles. The van der Waals surface area contributed by atoms with Crippen molar-refractivity contribution in [1.82, 2.24) is 9.66 Å². The quantitative estimate of drug-likeness (QED) is 0.498. The third kappa shape index (κ3) is 4.44. The highest BCUT2D eigenvalue weighted by molar-refractivity contribution is 9.10. The molecule has 1 saturated carbocycles. The van der Waals surface area contributed by atoms with Crippen molar-refractivity contribution in [2.45, 2.75) is 38.0 Å². The molecule has 1 aliphatic rings. The Morgan fingerprint density at radius 3 is 2.87 bits per heavy atom. The number of hydrogen-bond donors (Lipinski definition) is 0. The van der Waals surface area contributed by atoms with Crippen LogP contribution in [-0.2, 0) is 0 Å². The summed E-state index contributed by atoms with van der Waals surface area (Å²) >= 11 is 3.44. The molecule has 0 atom stereocenters. The van der Waals surface area contributed by atoms with Crippen LogP contribution in [0.3, 0.4) is 0 Å². The van der Waals surface area contributed by atoms with E-state index >= 15 is 0 Å². The molecular weight excluding hydrogens is 444 g/mol. The van der Waals surface area contributed by atoms with Gasteiger partial charge in [0.15, 0.2) is 6.61 Å². The fourth-order valence-electron chi connectivity index (χ4n) is 3.83. The second-order valence-corrected chi connectivity index (χ2v) is 8.26. The molecule has 0 radical (unpaired) electrons. The molecule has 1 aromatic heterocycles. The van der Waals surface area contributed by atoms with Gasteiger partial charge in [0.2, 0.25) is 0 Å². The minimum atomic E-state index is -0.171. The number of nitrogens with zero attached hydrogens (tertiary/aromatic N) is 4. The van der Waals surface area contributed by atoms with Crippen molar-refractivity contribution >= 4 is 33.0 Å². The van der Waals surface area contributed by atoms with Crippen LogP contribution in [0, 0.1) is 11.3 Å². The van der Waals surface area contributed by atoms with Crippen molar-refractivity contribution in [2.75, 3.05) is 6.61 Å². The van der Waals surface area contributed by atoms with E-state index in [1.165, 1.54) is 11.1 Å². The van der Waals surface area contributed by atoms with Gasteiger partial charge in [0.25, 0.3) is 5.56 Å². The molecule has 4 rings (SSSR count). The summed E-state index contributed by atoms with van der Waals surface area (Å²) in [4.78, 5) is 18.1.